The lowest BCUT2D eigenvalue weighted by atomic mass is 9.83. The van der Waals surface area contributed by atoms with Crippen molar-refractivity contribution in [2.24, 2.45) is 7.05 Å². The Hall–Kier alpha value is -1.74. The highest BCUT2D eigenvalue weighted by molar-refractivity contribution is 7.89. The molecule has 0 aliphatic carbocycles. The molecule has 0 radical (unpaired) electrons. The lowest BCUT2D eigenvalue weighted by Crippen LogP contribution is -2.47. The molecule has 9 heteroatoms. The Morgan fingerprint density at radius 1 is 1.36 bits per heavy atom. The molecule has 22 heavy (non-hydrogen) atoms. The van der Waals surface area contributed by atoms with Gasteiger partial charge in [-0.25, -0.2) is 13.4 Å². The highest BCUT2D eigenvalue weighted by Crippen LogP contribution is 2.34. The van der Waals surface area contributed by atoms with Gasteiger partial charge < -0.3 is 8.98 Å². The molecule has 1 aliphatic rings. The maximum absolute atomic E-state index is 12.7. The van der Waals surface area contributed by atoms with Crippen LogP contribution in [0.3, 0.4) is 0 Å². The maximum atomic E-state index is 12.7. The molecule has 0 saturated carbocycles. The van der Waals surface area contributed by atoms with Gasteiger partial charge >= 0.3 is 0 Å². The Labute approximate surface area is 129 Å². The van der Waals surface area contributed by atoms with Gasteiger partial charge in [-0.05, 0) is 19.8 Å². The summed E-state index contributed by atoms with van der Waals surface area (Å²) in [4.78, 5) is 3.97. The van der Waals surface area contributed by atoms with Gasteiger partial charge in [0.1, 0.15) is 0 Å². The topological polar surface area (TPSA) is 94.1 Å². The third-order valence-corrected chi connectivity index (χ3v) is 5.72. The molecular weight excluding hydrogens is 306 g/mol. The van der Waals surface area contributed by atoms with E-state index in [-0.39, 0.29) is 5.03 Å². The van der Waals surface area contributed by atoms with Gasteiger partial charge in [0.05, 0.1) is 11.7 Å². The summed E-state index contributed by atoms with van der Waals surface area (Å²) in [6.07, 6.45) is 4.54. The summed E-state index contributed by atoms with van der Waals surface area (Å²) >= 11 is 0. The molecule has 3 heterocycles. The van der Waals surface area contributed by atoms with Crippen LogP contribution in [0.2, 0.25) is 0 Å². The molecule has 2 aromatic heterocycles. The maximum Gasteiger partial charge on any atom is 0.262 e. The van der Waals surface area contributed by atoms with Gasteiger partial charge in [0.15, 0.2) is 5.03 Å². The molecule has 1 atom stereocenters. The Balaban J connectivity index is 1.90. The van der Waals surface area contributed by atoms with Crippen molar-refractivity contribution < 1.29 is 12.8 Å². The van der Waals surface area contributed by atoms with Gasteiger partial charge in [-0.1, -0.05) is 0 Å². The summed E-state index contributed by atoms with van der Waals surface area (Å²) in [6, 6.07) is 0. The van der Waals surface area contributed by atoms with Crippen LogP contribution in [0.1, 0.15) is 31.5 Å². The van der Waals surface area contributed by atoms with Crippen LogP contribution < -0.4 is 0 Å². The zero-order chi connectivity index (χ0) is 16.0. The van der Waals surface area contributed by atoms with Crippen molar-refractivity contribution in [3.63, 3.8) is 0 Å². The second kappa shape index (κ2) is 5.17. The van der Waals surface area contributed by atoms with Crippen molar-refractivity contribution in [2.45, 2.75) is 37.1 Å². The number of sulfonamides is 1. The fourth-order valence-corrected chi connectivity index (χ4v) is 4.34. The van der Waals surface area contributed by atoms with E-state index in [1.54, 1.807) is 18.5 Å². The predicted octanol–water partition coefficient (Wildman–Crippen LogP) is 0.854. The third kappa shape index (κ3) is 2.54. The van der Waals surface area contributed by atoms with Crippen LogP contribution in [-0.2, 0) is 22.5 Å². The van der Waals surface area contributed by atoms with Gasteiger partial charge in [-0.15, -0.1) is 10.2 Å². The van der Waals surface area contributed by atoms with E-state index in [0.717, 1.165) is 12.8 Å². The zero-order valence-corrected chi connectivity index (χ0v) is 13.7. The van der Waals surface area contributed by atoms with E-state index in [1.165, 1.54) is 16.8 Å². The highest BCUT2D eigenvalue weighted by Gasteiger charge is 2.42. The average molecular weight is 325 g/mol. The average Bonchev–Trinajstić information content (AvgIpc) is 3.08. The largest absolute Gasteiger partial charge is 0.425 e. The number of rotatable bonds is 3. The van der Waals surface area contributed by atoms with Crippen molar-refractivity contribution in [1.29, 1.82) is 0 Å². The molecular formula is C13H19N5O3S. The number of aryl methyl sites for hydroxylation is 2. The Kier molecular flexibility index (Phi) is 3.56. The van der Waals surface area contributed by atoms with Crippen LogP contribution in [0.5, 0.6) is 0 Å². The molecule has 1 fully saturated rings. The first-order valence-corrected chi connectivity index (χ1v) is 8.54. The number of aromatic nitrogens is 4. The first-order valence-electron chi connectivity index (χ1n) is 7.10. The van der Waals surface area contributed by atoms with Gasteiger partial charge in [0.2, 0.25) is 11.8 Å². The van der Waals surface area contributed by atoms with Crippen LogP contribution in [0.25, 0.3) is 0 Å². The summed E-state index contributed by atoms with van der Waals surface area (Å²) in [5, 5.41) is 8.00. The van der Waals surface area contributed by atoms with E-state index < -0.39 is 15.4 Å². The van der Waals surface area contributed by atoms with E-state index in [9.17, 15) is 8.42 Å². The summed E-state index contributed by atoms with van der Waals surface area (Å²) < 4.78 is 34.0. The molecule has 0 N–H and O–H groups in total. The van der Waals surface area contributed by atoms with Gasteiger partial charge in [-0.2, -0.15) is 4.31 Å². The molecule has 0 amide bonds. The Bertz CT molecular complexity index is 781. The number of piperidine rings is 1. The normalized spacial score (nSPS) is 23.8. The molecule has 8 nitrogen and oxygen atoms in total. The van der Waals surface area contributed by atoms with Gasteiger partial charge in [0.25, 0.3) is 10.0 Å². The zero-order valence-electron chi connectivity index (χ0n) is 12.9. The quantitative estimate of drug-likeness (QED) is 0.830. The number of imidazole rings is 1. The lowest BCUT2D eigenvalue weighted by molar-refractivity contribution is 0.202. The van der Waals surface area contributed by atoms with Crippen molar-refractivity contribution in [1.82, 2.24) is 24.1 Å². The van der Waals surface area contributed by atoms with Crippen molar-refractivity contribution in [3.05, 3.63) is 24.3 Å². The summed E-state index contributed by atoms with van der Waals surface area (Å²) in [7, 11) is -1.86. The number of hydrogen-bond acceptors (Lipinski definition) is 6. The van der Waals surface area contributed by atoms with Crippen LogP contribution >= 0.6 is 0 Å². The SMILES string of the molecule is Cc1nnc([C@]2(C)CCCN(S(=O)(=O)c3cn(C)cn3)C2)o1. The first-order chi connectivity index (χ1) is 10.3. The molecule has 1 saturated heterocycles. The molecule has 1 aliphatic heterocycles. The van der Waals surface area contributed by atoms with E-state index >= 15 is 0 Å². The predicted molar refractivity (Wildman–Crippen MR) is 77.6 cm³/mol. The molecule has 3 rings (SSSR count). The van der Waals surface area contributed by atoms with Crippen LogP contribution in [-0.4, -0.2) is 45.6 Å². The van der Waals surface area contributed by atoms with E-state index in [1.807, 2.05) is 6.92 Å². The molecule has 120 valence electrons. The van der Waals surface area contributed by atoms with Crippen LogP contribution in [0, 0.1) is 6.92 Å². The Morgan fingerprint density at radius 3 is 2.73 bits per heavy atom. The number of hydrogen-bond donors (Lipinski definition) is 0. The second-order valence-corrected chi connectivity index (χ2v) is 7.89. The lowest BCUT2D eigenvalue weighted by Gasteiger charge is -2.36. The summed E-state index contributed by atoms with van der Waals surface area (Å²) in [5.74, 6) is 0.979. The summed E-state index contributed by atoms with van der Waals surface area (Å²) in [5.41, 5.74) is -0.471. The summed E-state index contributed by atoms with van der Waals surface area (Å²) in [6.45, 7) is 4.47. The van der Waals surface area contributed by atoms with Crippen molar-refractivity contribution in [2.75, 3.05) is 13.1 Å². The molecule has 2 aromatic rings. The van der Waals surface area contributed by atoms with E-state index in [2.05, 4.69) is 15.2 Å². The fourth-order valence-electron chi connectivity index (χ4n) is 2.77. The van der Waals surface area contributed by atoms with E-state index in [0.29, 0.717) is 24.9 Å². The smallest absolute Gasteiger partial charge is 0.262 e. The van der Waals surface area contributed by atoms with Crippen molar-refractivity contribution >= 4 is 10.0 Å². The Morgan fingerprint density at radius 2 is 2.14 bits per heavy atom. The third-order valence-electron chi connectivity index (χ3n) is 3.99. The number of nitrogens with zero attached hydrogens (tertiary/aromatic N) is 5. The monoisotopic (exact) mass is 325 g/mol. The highest BCUT2D eigenvalue weighted by atomic mass is 32.2. The molecule has 0 aromatic carbocycles. The molecule has 0 bridgehead atoms. The fraction of sp³-hybridized carbons (Fsp3) is 0.615. The minimum Gasteiger partial charge on any atom is -0.425 e. The van der Waals surface area contributed by atoms with Crippen LogP contribution in [0.15, 0.2) is 22.0 Å². The van der Waals surface area contributed by atoms with E-state index in [4.69, 9.17) is 4.42 Å². The van der Waals surface area contributed by atoms with Gasteiger partial charge in [-0.3, -0.25) is 0 Å². The first kappa shape index (κ1) is 15.2. The molecule has 0 unspecified atom stereocenters. The minimum absolute atomic E-state index is 0.0703. The standard InChI is InChI=1S/C13H19N5O3S/c1-10-15-16-12(21-10)13(2)5-4-6-18(8-13)22(19,20)11-7-17(3)9-14-11/h7,9H,4-6,8H2,1-3H3/t13-/m1/s1. The second-order valence-electron chi connectivity index (χ2n) is 6.01. The van der Waals surface area contributed by atoms with Gasteiger partial charge in [0, 0.05) is 33.3 Å². The molecule has 0 spiro atoms. The van der Waals surface area contributed by atoms with Crippen LogP contribution in [0.4, 0.5) is 0 Å². The minimum atomic E-state index is -3.60. The van der Waals surface area contributed by atoms with Crippen molar-refractivity contribution in [3.8, 4) is 0 Å².